The van der Waals surface area contributed by atoms with Gasteiger partial charge in [-0.15, -0.1) is 0 Å². The molecule has 0 aromatic heterocycles. The monoisotopic (exact) mass is 429 g/mol. The number of carbonyl (C=O) groups excluding carboxylic acids is 2. The third kappa shape index (κ3) is 7.77. The van der Waals surface area contributed by atoms with Gasteiger partial charge in [-0.3, -0.25) is 9.59 Å². The van der Waals surface area contributed by atoms with Gasteiger partial charge in [-0.1, -0.05) is 18.6 Å². The molecule has 6 nitrogen and oxygen atoms in total. The van der Waals surface area contributed by atoms with Crippen LogP contribution in [0.5, 0.6) is 11.5 Å². The lowest BCUT2D eigenvalue weighted by molar-refractivity contribution is -0.140. The van der Waals surface area contributed by atoms with Crippen LogP contribution in [0.2, 0.25) is 0 Å². The van der Waals surface area contributed by atoms with Crippen LogP contribution < -0.4 is 14.8 Å². The van der Waals surface area contributed by atoms with Gasteiger partial charge in [0, 0.05) is 24.6 Å². The highest BCUT2D eigenvalue weighted by Crippen LogP contribution is 2.26. The van der Waals surface area contributed by atoms with E-state index in [0.29, 0.717) is 47.6 Å². The number of esters is 1. The van der Waals surface area contributed by atoms with Crippen LogP contribution in [0.3, 0.4) is 0 Å². The second-order valence-corrected chi connectivity index (χ2v) is 6.85. The molecule has 2 rings (SSSR count). The second-order valence-electron chi connectivity index (χ2n) is 6.85. The van der Waals surface area contributed by atoms with Crippen molar-refractivity contribution in [3.8, 4) is 11.5 Å². The van der Waals surface area contributed by atoms with Crippen molar-refractivity contribution < 1.29 is 28.2 Å². The van der Waals surface area contributed by atoms with Crippen molar-refractivity contribution in [2.24, 2.45) is 0 Å². The minimum Gasteiger partial charge on any atom is -0.497 e. The highest BCUT2D eigenvalue weighted by atomic mass is 19.1. The van der Waals surface area contributed by atoms with Crippen molar-refractivity contribution in [1.82, 2.24) is 5.32 Å². The van der Waals surface area contributed by atoms with E-state index in [1.807, 2.05) is 0 Å². The fourth-order valence-corrected chi connectivity index (χ4v) is 2.96. The lowest BCUT2D eigenvalue weighted by Gasteiger charge is -2.11. The smallest absolute Gasteiger partial charge is 0.305 e. The molecule has 0 saturated carbocycles. The number of carbonyl (C=O) groups is 2. The van der Waals surface area contributed by atoms with Crippen molar-refractivity contribution in [1.29, 1.82) is 0 Å². The molecule has 0 bridgehead atoms. The summed E-state index contributed by atoms with van der Waals surface area (Å²) in [6.07, 6.45) is 4.30. The molecule has 0 atom stereocenters. The fourth-order valence-electron chi connectivity index (χ4n) is 2.96. The molecular formula is C24H28FNO5. The molecule has 1 amide bonds. The number of nitrogens with one attached hydrogen (secondary N) is 1. The summed E-state index contributed by atoms with van der Waals surface area (Å²) in [5.74, 6) is 0.294. The summed E-state index contributed by atoms with van der Waals surface area (Å²) in [6.45, 7) is 0.458. The zero-order valence-electron chi connectivity index (χ0n) is 18.1. The zero-order chi connectivity index (χ0) is 22.6. The van der Waals surface area contributed by atoms with Crippen molar-refractivity contribution in [3.63, 3.8) is 0 Å². The molecule has 0 aliphatic rings. The number of hydrogen-bond donors (Lipinski definition) is 1. The highest BCUT2D eigenvalue weighted by molar-refractivity contribution is 6.24. The number of methoxy groups -OCH3 is 3. The molecule has 0 saturated heterocycles. The Balaban J connectivity index is 2.16. The first-order chi connectivity index (χ1) is 15.0. The number of unbranched alkanes of at least 4 members (excludes halogenated alkanes) is 2. The van der Waals surface area contributed by atoms with E-state index in [1.165, 1.54) is 19.2 Å². The lowest BCUT2D eigenvalue weighted by atomic mass is 10.0. The van der Waals surface area contributed by atoms with Gasteiger partial charge in [-0.25, -0.2) is 4.39 Å². The van der Waals surface area contributed by atoms with Gasteiger partial charge in [0.1, 0.15) is 17.3 Å². The van der Waals surface area contributed by atoms with Crippen molar-refractivity contribution >= 4 is 23.5 Å². The fraction of sp³-hybridized carbons (Fsp3) is 0.333. The number of halogens is 1. The Labute approximate surface area is 182 Å². The molecule has 0 spiro atoms. The summed E-state index contributed by atoms with van der Waals surface area (Å²) < 4.78 is 28.6. The summed E-state index contributed by atoms with van der Waals surface area (Å²) in [6, 6.07) is 11.1. The van der Waals surface area contributed by atoms with E-state index in [-0.39, 0.29) is 17.7 Å². The topological polar surface area (TPSA) is 73.9 Å². The van der Waals surface area contributed by atoms with E-state index in [0.717, 1.165) is 12.8 Å². The first-order valence-corrected chi connectivity index (χ1v) is 10.0. The molecule has 0 fully saturated rings. The third-order valence-corrected chi connectivity index (χ3v) is 4.66. The van der Waals surface area contributed by atoms with Gasteiger partial charge in [-0.05, 0) is 54.3 Å². The quantitative estimate of drug-likeness (QED) is 0.250. The first-order valence-electron chi connectivity index (χ1n) is 10.0. The first kappa shape index (κ1) is 23.9. The van der Waals surface area contributed by atoms with Crippen LogP contribution >= 0.6 is 0 Å². The normalized spacial score (nSPS) is 11.0. The van der Waals surface area contributed by atoms with Crippen LogP contribution in [0.4, 0.5) is 4.39 Å². The van der Waals surface area contributed by atoms with Crippen molar-refractivity contribution in [3.05, 3.63) is 59.4 Å². The van der Waals surface area contributed by atoms with Gasteiger partial charge < -0.3 is 19.5 Å². The number of ether oxygens (including phenoxy) is 3. The maximum atomic E-state index is 13.4. The zero-order valence-corrected chi connectivity index (χ0v) is 18.1. The van der Waals surface area contributed by atoms with Crippen LogP contribution in [0.15, 0.2) is 42.5 Å². The summed E-state index contributed by atoms with van der Waals surface area (Å²) in [5, 5.41) is 2.90. The SMILES string of the molecule is COC(=O)CCCCCNC(=O)/C(=C\c1cc(OC)cc(OC)c1)c1ccc(F)cc1. The predicted octanol–water partition coefficient (Wildman–Crippen LogP) is 4.23. The average Bonchev–Trinajstić information content (AvgIpc) is 2.79. The predicted molar refractivity (Wildman–Crippen MR) is 117 cm³/mol. The van der Waals surface area contributed by atoms with E-state index in [9.17, 15) is 14.0 Å². The highest BCUT2D eigenvalue weighted by Gasteiger charge is 2.13. The lowest BCUT2D eigenvalue weighted by Crippen LogP contribution is -2.25. The Morgan fingerprint density at radius 2 is 1.58 bits per heavy atom. The van der Waals surface area contributed by atoms with E-state index >= 15 is 0 Å². The van der Waals surface area contributed by atoms with E-state index in [2.05, 4.69) is 10.1 Å². The molecular weight excluding hydrogens is 401 g/mol. The molecule has 0 radical (unpaired) electrons. The average molecular weight is 429 g/mol. The Hall–Kier alpha value is -3.35. The molecule has 0 unspecified atom stereocenters. The van der Waals surface area contributed by atoms with Crippen molar-refractivity contribution in [2.45, 2.75) is 25.7 Å². The minimum atomic E-state index is -0.378. The largest absolute Gasteiger partial charge is 0.497 e. The van der Waals surface area contributed by atoms with E-state index in [1.54, 1.807) is 50.6 Å². The number of rotatable bonds is 11. The van der Waals surface area contributed by atoms with Crippen LogP contribution in [-0.4, -0.2) is 39.8 Å². The third-order valence-electron chi connectivity index (χ3n) is 4.66. The summed E-state index contributed by atoms with van der Waals surface area (Å²) in [5.41, 5.74) is 1.69. The Kier molecular flexibility index (Phi) is 9.55. The maximum Gasteiger partial charge on any atom is 0.305 e. The molecule has 0 aliphatic carbocycles. The van der Waals surface area contributed by atoms with Gasteiger partial charge in [-0.2, -0.15) is 0 Å². The molecule has 7 heteroatoms. The second kappa shape index (κ2) is 12.4. The van der Waals surface area contributed by atoms with Crippen LogP contribution in [0.1, 0.15) is 36.8 Å². The van der Waals surface area contributed by atoms with Crippen LogP contribution in [-0.2, 0) is 14.3 Å². The summed E-state index contributed by atoms with van der Waals surface area (Å²) in [7, 11) is 4.47. The van der Waals surface area contributed by atoms with Crippen LogP contribution in [0, 0.1) is 5.82 Å². The Morgan fingerprint density at radius 1 is 0.935 bits per heavy atom. The van der Waals surface area contributed by atoms with E-state index in [4.69, 9.17) is 9.47 Å². The van der Waals surface area contributed by atoms with Crippen LogP contribution in [0.25, 0.3) is 11.6 Å². The minimum absolute atomic E-state index is 0.237. The Bertz CT molecular complexity index is 886. The molecule has 2 aromatic rings. The van der Waals surface area contributed by atoms with E-state index < -0.39 is 0 Å². The molecule has 0 aliphatic heterocycles. The van der Waals surface area contributed by atoms with Gasteiger partial charge >= 0.3 is 5.97 Å². The van der Waals surface area contributed by atoms with Crippen molar-refractivity contribution in [2.75, 3.05) is 27.9 Å². The molecule has 0 heterocycles. The van der Waals surface area contributed by atoms with Gasteiger partial charge in [0.05, 0.1) is 21.3 Å². The standard InChI is InChI=1S/C24H28FNO5/c1-29-20-13-17(14-21(16-20)30-2)15-22(18-8-10-19(25)11-9-18)24(28)26-12-6-4-5-7-23(27)31-3/h8-11,13-16H,4-7,12H2,1-3H3,(H,26,28)/b22-15-. The number of amides is 1. The van der Waals surface area contributed by atoms with Gasteiger partial charge in [0.2, 0.25) is 0 Å². The summed E-state index contributed by atoms with van der Waals surface area (Å²) in [4.78, 5) is 24.1. The molecule has 166 valence electrons. The molecule has 2 aromatic carbocycles. The van der Waals surface area contributed by atoms with Gasteiger partial charge in [0.15, 0.2) is 0 Å². The van der Waals surface area contributed by atoms with Gasteiger partial charge in [0.25, 0.3) is 5.91 Å². The number of hydrogen-bond acceptors (Lipinski definition) is 5. The molecule has 1 N–H and O–H groups in total. The summed E-state index contributed by atoms with van der Waals surface area (Å²) >= 11 is 0. The molecule has 31 heavy (non-hydrogen) atoms. The number of benzene rings is 2. The Morgan fingerprint density at radius 3 is 2.16 bits per heavy atom. The maximum absolute atomic E-state index is 13.4.